The number of carbonyl (C=O) groups excluding carboxylic acids is 2. The Balaban J connectivity index is 0.000000379. The summed E-state index contributed by atoms with van der Waals surface area (Å²) < 4.78 is 15.1. The number of nitrogens with one attached hydrogen (secondary N) is 1. The molecule has 0 spiro atoms. The van der Waals surface area contributed by atoms with Crippen LogP contribution in [0.5, 0.6) is 11.5 Å². The lowest BCUT2D eigenvalue weighted by atomic mass is 10.1. The highest BCUT2D eigenvalue weighted by molar-refractivity contribution is 5.95. The molecule has 0 aliphatic heterocycles. The van der Waals surface area contributed by atoms with Crippen LogP contribution in [0.3, 0.4) is 0 Å². The van der Waals surface area contributed by atoms with Crippen molar-refractivity contribution in [1.82, 2.24) is 0 Å². The molecule has 11 heteroatoms. The zero-order valence-corrected chi connectivity index (χ0v) is 20.2. The zero-order chi connectivity index (χ0) is 26.8. The van der Waals surface area contributed by atoms with E-state index in [4.69, 9.17) is 30.2 Å². The molecule has 0 heterocycles. The van der Waals surface area contributed by atoms with Crippen molar-refractivity contribution >= 4 is 35.4 Å². The number of benzene rings is 2. The molecule has 0 atom stereocenters. The maximum atomic E-state index is 11.6. The van der Waals surface area contributed by atoms with Crippen molar-refractivity contribution in [2.24, 2.45) is 0 Å². The highest BCUT2D eigenvalue weighted by atomic mass is 16.6. The standard InChI is InChI=1S/C14H17NO6.C10H13NO3/c1-8(16)20-11-6-5-9(7-10(11)12(17)18)15-13(19)21-14(2,3)4;1-2-5-14-9-4-3-7(11)6-8(9)10(12)13/h5-7H,1-4H3,(H,15,19)(H,17,18);3-4,6H,2,5,11H2,1H3,(H,12,13). The van der Waals surface area contributed by atoms with Gasteiger partial charge in [-0.3, -0.25) is 10.1 Å². The zero-order valence-electron chi connectivity index (χ0n) is 20.2. The van der Waals surface area contributed by atoms with Gasteiger partial charge in [0.2, 0.25) is 0 Å². The minimum absolute atomic E-state index is 0.0928. The minimum Gasteiger partial charge on any atom is -0.493 e. The average molecular weight is 491 g/mol. The van der Waals surface area contributed by atoms with Crippen molar-refractivity contribution in [2.45, 2.75) is 46.6 Å². The fourth-order valence-electron chi connectivity index (χ4n) is 2.49. The number of nitrogens with two attached hydrogens (primary N) is 1. The van der Waals surface area contributed by atoms with Gasteiger partial charge in [-0.15, -0.1) is 0 Å². The van der Waals surface area contributed by atoms with Gasteiger partial charge in [-0.1, -0.05) is 6.92 Å². The first kappa shape index (κ1) is 28.8. The van der Waals surface area contributed by atoms with Crippen LogP contribution in [0.25, 0.3) is 0 Å². The minimum atomic E-state index is -1.28. The summed E-state index contributed by atoms with van der Waals surface area (Å²) in [6, 6.07) is 8.48. The van der Waals surface area contributed by atoms with Gasteiger partial charge in [-0.2, -0.15) is 0 Å². The molecule has 0 radical (unpaired) electrons. The predicted octanol–water partition coefficient (Wildman–Crippen LogP) is 4.41. The summed E-state index contributed by atoms with van der Waals surface area (Å²) in [7, 11) is 0. The Morgan fingerprint density at radius 3 is 2.03 bits per heavy atom. The third-order valence-corrected chi connectivity index (χ3v) is 3.80. The maximum absolute atomic E-state index is 11.6. The summed E-state index contributed by atoms with van der Waals surface area (Å²) in [5.74, 6) is -2.66. The average Bonchev–Trinajstić information content (AvgIpc) is 2.72. The van der Waals surface area contributed by atoms with E-state index in [0.717, 1.165) is 6.42 Å². The molecule has 0 aliphatic rings. The molecule has 0 saturated carbocycles. The molecule has 0 unspecified atom stereocenters. The molecule has 0 aliphatic carbocycles. The lowest BCUT2D eigenvalue weighted by Crippen LogP contribution is -2.27. The molecule has 2 rings (SSSR count). The number of carboxylic acids is 2. The second-order valence-corrected chi connectivity index (χ2v) is 8.15. The fourth-order valence-corrected chi connectivity index (χ4v) is 2.49. The van der Waals surface area contributed by atoms with Crippen molar-refractivity contribution in [3.8, 4) is 11.5 Å². The van der Waals surface area contributed by atoms with Crippen LogP contribution in [0, 0.1) is 0 Å². The number of anilines is 2. The summed E-state index contributed by atoms with van der Waals surface area (Å²) in [5, 5.41) is 20.4. The summed E-state index contributed by atoms with van der Waals surface area (Å²) in [5.41, 5.74) is 5.32. The van der Waals surface area contributed by atoms with Gasteiger partial charge in [0.25, 0.3) is 0 Å². The summed E-state index contributed by atoms with van der Waals surface area (Å²) in [6.45, 7) is 8.75. The molecular weight excluding hydrogens is 460 g/mol. The molecule has 2 aromatic rings. The van der Waals surface area contributed by atoms with Gasteiger partial charge in [-0.05, 0) is 63.6 Å². The third-order valence-electron chi connectivity index (χ3n) is 3.80. The van der Waals surface area contributed by atoms with Crippen LogP contribution in [0.15, 0.2) is 36.4 Å². The number of amides is 1. The van der Waals surface area contributed by atoms with E-state index >= 15 is 0 Å². The van der Waals surface area contributed by atoms with Gasteiger partial charge in [0.15, 0.2) is 0 Å². The van der Waals surface area contributed by atoms with E-state index in [9.17, 15) is 19.2 Å². The number of esters is 1. The van der Waals surface area contributed by atoms with Crippen molar-refractivity contribution in [2.75, 3.05) is 17.7 Å². The topological polar surface area (TPSA) is 174 Å². The van der Waals surface area contributed by atoms with Crippen molar-refractivity contribution in [3.63, 3.8) is 0 Å². The largest absolute Gasteiger partial charge is 0.493 e. The van der Waals surface area contributed by atoms with Crippen LogP contribution in [-0.2, 0) is 9.53 Å². The fraction of sp³-hybridized carbons (Fsp3) is 0.333. The third kappa shape index (κ3) is 10.5. The van der Waals surface area contributed by atoms with Crippen LogP contribution in [-0.4, -0.2) is 46.4 Å². The maximum Gasteiger partial charge on any atom is 0.412 e. The number of hydrogen-bond acceptors (Lipinski definition) is 8. The first-order valence-corrected chi connectivity index (χ1v) is 10.5. The number of aromatic carboxylic acids is 2. The lowest BCUT2D eigenvalue weighted by Gasteiger charge is -2.19. The molecule has 2 aromatic carbocycles. The van der Waals surface area contributed by atoms with E-state index in [2.05, 4.69) is 5.32 Å². The number of rotatable bonds is 7. The Kier molecular flexibility index (Phi) is 10.5. The highest BCUT2D eigenvalue weighted by Crippen LogP contribution is 2.24. The predicted molar refractivity (Wildman–Crippen MR) is 128 cm³/mol. The Hall–Kier alpha value is -4.28. The number of carboxylic acid groups (broad SMARTS) is 2. The van der Waals surface area contributed by atoms with Crippen LogP contribution in [0.2, 0.25) is 0 Å². The Labute approximate surface area is 202 Å². The van der Waals surface area contributed by atoms with E-state index in [1.54, 1.807) is 32.9 Å². The Morgan fingerprint density at radius 1 is 0.943 bits per heavy atom. The van der Waals surface area contributed by atoms with Crippen LogP contribution < -0.4 is 20.5 Å². The first-order chi connectivity index (χ1) is 16.2. The first-order valence-electron chi connectivity index (χ1n) is 10.5. The van der Waals surface area contributed by atoms with Gasteiger partial charge in [0, 0.05) is 18.3 Å². The number of hydrogen-bond donors (Lipinski definition) is 4. The Bertz CT molecular complexity index is 1080. The summed E-state index contributed by atoms with van der Waals surface area (Å²) >= 11 is 0. The van der Waals surface area contributed by atoms with Crippen LogP contribution in [0.1, 0.15) is 61.8 Å². The van der Waals surface area contributed by atoms with E-state index < -0.39 is 29.6 Å². The van der Waals surface area contributed by atoms with Crippen molar-refractivity contribution in [3.05, 3.63) is 47.5 Å². The Morgan fingerprint density at radius 2 is 1.51 bits per heavy atom. The molecule has 35 heavy (non-hydrogen) atoms. The van der Waals surface area contributed by atoms with Crippen LogP contribution in [0.4, 0.5) is 16.2 Å². The quantitative estimate of drug-likeness (QED) is 0.247. The molecular formula is C24H30N2O9. The van der Waals surface area contributed by atoms with Crippen molar-refractivity contribution in [1.29, 1.82) is 0 Å². The smallest absolute Gasteiger partial charge is 0.412 e. The summed E-state index contributed by atoms with van der Waals surface area (Å²) in [6.07, 6.45) is 0.128. The molecule has 0 fully saturated rings. The van der Waals surface area contributed by atoms with Crippen molar-refractivity contribution < 1.29 is 43.6 Å². The summed E-state index contributed by atoms with van der Waals surface area (Å²) in [4.78, 5) is 44.4. The SMILES string of the molecule is CC(=O)Oc1ccc(NC(=O)OC(C)(C)C)cc1C(=O)O.CCCOc1ccc(N)cc1C(=O)O. The van der Waals surface area contributed by atoms with Gasteiger partial charge in [-0.25, -0.2) is 14.4 Å². The van der Waals surface area contributed by atoms with E-state index in [-0.39, 0.29) is 22.6 Å². The monoisotopic (exact) mass is 490 g/mol. The van der Waals surface area contributed by atoms with Crippen LogP contribution >= 0.6 is 0 Å². The molecule has 1 amide bonds. The molecule has 5 N–H and O–H groups in total. The van der Waals surface area contributed by atoms with E-state index in [0.29, 0.717) is 18.0 Å². The lowest BCUT2D eigenvalue weighted by molar-refractivity contribution is -0.131. The van der Waals surface area contributed by atoms with Gasteiger partial charge >= 0.3 is 24.0 Å². The molecule has 0 aromatic heterocycles. The van der Waals surface area contributed by atoms with Gasteiger partial charge in [0.1, 0.15) is 28.2 Å². The van der Waals surface area contributed by atoms with E-state index in [1.165, 1.54) is 31.2 Å². The van der Waals surface area contributed by atoms with Gasteiger partial charge in [0.05, 0.1) is 6.61 Å². The molecule has 11 nitrogen and oxygen atoms in total. The van der Waals surface area contributed by atoms with Gasteiger partial charge < -0.3 is 30.2 Å². The second-order valence-electron chi connectivity index (χ2n) is 8.15. The highest BCUT2D eigenvalue weighted by Gasteiger charge is 2.18. The molecule has 0 bridgehead atoms. The number of nitrogen functional groups attached to an aromatic ring is 1. The molecule has 0 saturated heterocycles. The number of ether oxygens (including phenoxy) is 3. The second kappa shape index (κ2) is 12.8. The molecule has 190 valence electrons. The number of carbonyl (C=O) groups is 4. The van der Waals surface area contributed by atoms with E-state index in [1.807, 2.05) is 6.92 Å². The normalized spacial score (nSPS) is 10.3.